The Morgan fingerprint density at radius 1 is 1.06 bits per heavy atom. The Morgan fingerprint density at radius 2 is 1.83 bits per heavy atom. The van der Waals surface area contributed by atoms with Crippen molar-refractivity contribution in [3.05, 3.63) is 0 Å². The van der Waals surface area contributed by atoms with Gasteiger partial charge in [-0.15, -0.1) is 0 Å². The molecule has 1 aliphatic carbocycles. The lowest BCUT2D eigenvalue weighted by Crippen LogP contribution is -2.40. The third kappa shape index (κ3) is 6.69. The summed E-state index contributed by atoms with van der Waals surface area (Å²) in [6.45, 7) is 5.14. The van der Waals surface area contributed by atoms with Gasteiger partial charge in [-0.3, -0.25) is 4.90 Å². The van der Waals surface area contributed by atoms with Crippen molar-refractivity contribution in [2.75, 3.05) is 46.6 Å². The van der Waals surface area contributed by atoms with Gasteiger partial charge in [-0.05, 0) is 32.4 Å². The van der Waals surface area contributed by atoms with Gasteiger partial charge in [-0.25, -0.2) is 0 Å². The zero-order valence-electron chi connectivity index (χ0n) is 11.9. The number of hydrogen-bond donors (Lipinski definition) is 1. The van der Waals surface area contributed by atoms with Gasteiger partial charge >= 0.3 is 0 Å². The second kappa shape index (κ2) is 10.7. The first-order chi connectivity index (χ1) is 8.88. The van der Waals surface area contributed by atoms with E-state index in [9.17, 15) is 0 Å². The van der Waals surface area contributed by atoms with Crippen molar-refractivity contribution in [3.63, 3.8) is 0 Å². The van der Waals surface area contributed by atoms with Crippen LogP contribution in [-0.4, -0.2) is 57.5 Å². The summed E-state index contributed by atoms with van der Waals surface area (Å²) in [6, 6.07) is 0.760. The SMILES string of the molecule is COCCOCCN(CCCN)C1CCCCC1. The summed E-state index contributed by atoms with van der Waals surface area (Å²) in [7, 11) is 1.71. The van der Waals surface area contributed by atoms with Crippen molar-refractivity contribution < 1.29 is 9.47 Å². The summed E-state index contributed by atoms with van der Waals surface area (Å²) >= 11 is 0. The van der Waals surface area contributed by atoms with Gasteiger partial charge in [0.05, 0.1) is 19.8 Å². The van der Waals surface area contributed by atoms with Gasteiger partial charge in [0.2, 0.25) is 0 Å². The Balaban J connectivity index is 2.21. The molecule has 0 saturated heterocycles. The molecule has 0 radical (unpaired) electrons. The van der Waals surface area contributed by atoms with E-state index in [1.807, 2.05) is 0 Å². The van der Waals surface area contributed by atoms with Gasteiger partial charge in [-0.2, -0.15) is 0 Å². The highest BCUT2D eigenvalue weighted by Gasteiger charge is 2.20. The van der Waals surface area contributed by atoms with Gasteiger partial charge in [0.1, 0.15) is 0 Å². The minimum absolute atomic E-state index is 0.687. The molecule has 0 aromatic carbocycles. The van der Waals surface area contributed by atoms with E-state index in [1.165, 1.54) is 32.1 Å². The molecule has 0 amide bonds. The van der Waals surface area contributed by atoms with E-state index in [0.717, 1.165) is 38.7 Å². The molecular weight excluding hydrogens is 228 g/mol. The van der Waals surface area contributed by atoms with Crippen molar-refractivity contribution in [3.8, 4) is 0 Å². The summed E-state index contributed by atoms with van der Waals surface area (Å²) in [5.74, 6) is 0. The minimum atomic E-state index is 0.687. The van der Waals surface area contributed by atoms with Gasteiger partial charge in [-0.1, -0.05) is 19.3 Å². The second-order valence-electron chi connectivity index (χ2n) is 5.08. The summed E-state index contributed by atoms with van der Waals surface area (Å²) < 4.78 is 10.6. The molecule has 0 unspecified atom stereocenters. The summed E-state index contributed by atoms with van der Waals surface area (Å²) in [5, 5.41) is 0. The zero-order valence-corrected chi connectivity index (χ0v) is 11.9. The Morgan fingerprint density at radius 3 is 2.50 bits per heavy atom. The van der Waals surface area contributed by atoms with Crippen LogP contribution in [0.25, 0.3) is 0 Å². The van der Waals surface area contributed by atoms with Crippen LogP contribution >= 0.6 is 0 Å². The molecule has 1 rings (SSSR count). The van der Waals surface area contributed by atoms with Crippen molar-refractivity contribution in [2.45, 2.75) is 44.6 Å². The fourth-order valence-electron chi connectivity index (χ4n) is 2.64. The standard InChI is InChI=1S/C14H30N2O2/c1-17-12-13-18-11-10-16(9-5-8-15)14-6-3-2-4-7-14/h14H,2-13,15H2,1H3. The summed E-state index contributed by atoms with van der Waals surface area (Å²) in [6.07, 6.45) is 7.97. The molecule has 0 heterocycles. The highest BCUT2D eigenvalue weighted by Crippen LogP contribution is 2.22. The number of nitrogens with two attached hydrogens (primary N) is 1. The topological polar surface area (TPSA) is 47.7 Å². The molecule has 1 fully saturated rings. The molecule has 0 atom stereocenters. The predicted octanol–water partition coefficient (Wildman–Crippen LogP) is 1.63. The van der Waals surface area contributed by atoms with Crippen LogP contribution in [0.15, 0.2) is 0 Å². The number of rotatable bonds is 10. The van der Waals surface area contributed by atoms with Gasteiger partial charge in [0, 0.05) is 19.7 Å². The predicted molar refractivity (Wildman–Crippen MR) is 74.8 cm³/mol. The molecule has 2 N–H and O–H groups in total. The number of ether oxygens (including phenoxy) is 2. The van der Waals surface area contributed by atoms with E-state index >= 15 is 0 Å². The van der Waals surface area contributed by atoms with Crippen molar-refractivity contribution in [1.82, 2.24) is 4.90 Å². The monoisotopic (exact) mass is 258 g/mol. The normalized spacial score (nSPS) is 17.5. The van der Waals surface area contributed by atoms with Crippen molar-refractivity contribution >= 4 is 0 Å². The van der Waals surface area contributed by atoms with Crippen LogP contribution in [0, 0.1) is 0 Å². The molecule has 4 nitrogen and oxygen atoms in total. The smallest absolute Gasteiger partial charge is 0.0700 e. The lowest BCUT2D eigenvalue weighted by molar-refractivity contribution is 0.0447. The van der Waals surface area contributed by atoms with Crippen LogP contribution < -0.4 is 5.73 Å². The molecule has 1 aliphatic rings. The first kappa shape index (κ1) is 15.9. The van der Waals surface area contributed by atoms with E-state index in [-0.39, 0.29) is 0 Å². The van der Waals surface area contributed by atoms with E-state index < -0.39 is 0 Å². The van der Waals surface area contributed by atoms with Crippen LogP contribution in [0.2, 0.25) is 0 Å². The molecule has 108 valence electrons. The van der Waals surface area contributed by atoms with Crippen molar-refractivity contribution in [1.29, 1.82) is 0 Å². The molecule has 4 heteroatoms. The van der Waals surface area contributed by atoms with E-state index in [2.05, 4.69) is 4.90 Å². The number of hydrogen-bond acceptors (Lipinski definition) is 4. The minimum Gasteiger partial charge on any atom is -0.382 e. The molecule has 0 spiro atoms. The van der Waals surface area contributed by atoms with Crippen LogP contribution in [0.4, 0.5) is 0 Å². The molecule has 1 saturated carbocycles. The molecule has 0 bridgehead atoms. The van der Waals surface area contributed by atoms with Gasteiger partial charge in [0.25, 0.3) is 0 Å². The highest BCUT2D eigenvalue weighted by atomic mass is 16.5. The van der Waals surface area contributed by atoms with Crippen LogP contribution in [-0.2, 0) is 9.47 Å². The average molecular weight is 258 g/mol. The van der Waals surface area contributed by atoms with Gasteiger partial charge in [0.15, 0.2) is 0 Å². The van der Waals surface area contributed by atoms with E-state index in [4.69, 9.17) is 15.2 Å². The maximum absolute atomic E-state index is 5.63. The first-order valence-electron chi connectivity index (χ1n) is 7.39. The van der Waals surface area contributed by atoms with Crippen molar-refractivity contribution in [2.24, 2.45) is 5.73 Å². The molecule has 0 aromatic rings. The number of methoxy groups -OCH3 is 1. The summed E-state index contributed by atoms with van der Waals surface area (Å²) in [4.78, 5) is 2.58. The largest absolute Gasteiger partial charge is 0.382 e. The Hall–Kier alpha value is -0.160. The van der Waals surface area contributed by atoms with Crippen LogP contribution in [0.1, 0.15) is 38.5 Å². The second-order valence-corrected chi connectivity index (χ2v) is 5.08. The molecular formula is C14H30N2O2. The first-order valence-corrected chi connectivity index (χ1v) is 7.39. The quantitative estimate of drug-likeness (QED) is 0.605. The third-order valence-electron chi connectivity index (χ3n) is 3.70. The van der Waals surface area contributed by atoms with Gasteiger partial charge < -0.3 is 15.2 Å². The Labute approximate surface area is 112 Å². The fourth-order valence-corrected chi connectivity index (χ4v) is 2.64. The van der Waals surface area contributed by atoms with E-state index in [0.29, 0.717) is 13.2 Å². The van der Waals surface area contributed by atoms with E-state index in [1.54, 1.807) is 7.11 Å². The maximum Gasteiger partial charge on any atom is 0.0700 e. The maximum atomic E-state index is 5.63. The molecule has 0 aromatic heterocycles. The lowest BCUT2D eigenvalue weighted by Gasteiger charge is -2.34. The number of nitrogens with zero attached hydrogens (tertiary/aromatic N) is 1. The highest BCUT2D eigenvalue weighted by molar-refractivity contribution is 4.75. The average Bonchev–Trinajstić information content (AvgIpc) is 2.43. The lowest BCUT2D eigenvalue weighted by atomic mass is 9.94. The zero-order chi connectivity index (χ0) is 13.1. The third-order valence-corrected chi connectivity index (χ3v) is 3.70. The summed E-state index contributed by atoms with van der Waals surface area (Å²) in [5.41, 5.74) is 5.63. The Bertz CT molecular complexity index is 185. The molecule has 0 aliphatic heterocycles. The van der Waals surface area contributed by atoms with Crippen LogP contribution in [0.5, 0.6) is 0 Å². The molecule has 18 heavy (non-hydrogen) atoms. The fraction of sp³-hybridized carbons (Fsp3) is 1.00. The van der Waals surface area contributed by atoms with Crippen LogP contribution in [0.3, 0.4) is 0 Å². The Kier molecular flexibility index (Phi) is 9.48.